The quantitative estimate of drug-likeness (QED) is 0.816. The van der Waals surface area contributed by atoms with Gasteiger partial charge in [-0.2, -0.15) is 0 Å². The fourth-order valence-electron chi connectivity index (χ4n) is 1.44. The van der Waals surface area contributed by atoms with Gasteiger partial charge in [0.1, 0.15) is 5.82 Å². The second-order valence-electron chi connectivity index (χ2n) is 4.39. The normalized spacial score (nSPS) is 10.7. The third-order valence-corrected chi connectivity index (χ3v) is 2.45. The third-order valence-electron chi connectivity index (χ3n) is 2.45. The summed E-state index contributed by atoms with van der Waals surface area (Å²) in [5.74, 6) is -0.960. The lowest BCUT2D eigenvalue weighted by molar-refractivity contribution is 0.0529. The summed E-state index contributed by atoms with van der Waals surface area (Å²) in [7, 11) is 1.61. The third kappa shape index (κ3) is 4.00. The molecule has 1 rings (SSSR count). The van der Waals surface area contributed by atoms with Crippen LogP contribution in [0.4, 0.5) is 10.1 Å². The number of ether oxygens (including phenoxy) is 1. The maximum Gasteiger partial charge on any atom is 0.256 e. The minimum Gasteiger partial charge on any atom is -0.399 e. The Kier molecular flexibility index (Phi) is 5.09. The Morgan fingerprint density at radius 1 is 1.50 bits per heavy atom. The number of nitrogen functional groups attached to an aromatic ring is 1. The number of carbonyl (C=O) groups excluding carboxylic acids is 1. The molecule has 0 bridgehead atoms. The highest BCUT2D eigenvalue weighted by molar-refractivity contribution is 5.95. The minimum atomic E-state index is -0.564. The van der Waals surface area contributed by atoms with Gasteiger partial charge in [0.15, 0.2) is 0 Å². The van der Waals surface area contributed by atoms with Crippen molar-refractivity contribution in [1.29, 1.82) is 0 Å². The van der Waals surface area contributed by atoms with Crippen LogP contribution in [0.1, 0.15) is 24.2 Å². The lowest BCUT2D eigenvalue weighted by Gasteiger charge is -2.18. The molecule has 0 aliphatic heterocycles. The van der Waals surface area contributed by atoms with Crippen LogP contribution in [0, 0.1) is 5.82 Å². The van der Waals surface area contributed by atoms with E-state index < -0.39 is 11.7 Å². The Hall–Kier alpha value is -1.62. The van der Waals surface area contributed by atoms with E-state index in [1.165, 1.54) is 23.1 Å². The molecule has 0 saturated carbocycles. The van der Waals surface area contributed by atoms with Gasteiger partial charge in [-0.05, 0) is 32.0 Å². The standard InChI is InChI=1S/C13H19FN2O2/c1-9(2)18-7-6-16(3)13(17)11-8-10(15)4-5-12(11)14/h4-5,8-9H,6-7,15H2,1-3H3. The van der Waals surface area contributed by atoms with E-state index in [0.717, 1.165) is 0 Å². The van der Waals surface area contributed by atoms with E-state index in [1.807, 2.05) is 13.8 Å². The van der Waals surface area contributed by atoms with E-state index in [9.17, 15) is 9.18 Å². The van der Waals surface area contributed by atoms with Gasteiger partial charge in [-0.3, -0.25) is 4.79 Å². The first-order valence-electron chi connectivity index (χ1n) is 5.84. The summed E-state index contributed by atoms with van der Waals surface area (Å²) >= 11 is 0. The highest BCUT2D eigenvalue weighted by Gasteiger charge is 2.16. The van der Waals surface area contributed by atoms with E-state index in [4.69, 9.17) is 10.5 Å². The first-order chi connectivity index (χ1) is 8.41. The fraction of sp³-hybridized carbons (Fsp3) is 0.462. The van der Waals surface area contributed by atoms with Crippen molar-refractivity contribution >= 4 is 11.6 Å². The van der Waals surface area contributed by atoms with Gasteiger partial charge in [-0.25, -0.2) is 4.39 Å². The van der Waals surface area contributed by atoms with Crippen LogP contribution in [0.3, 0.4) is 0 Å². The first kappa shape index (κ1) is 14.4. The number of hydrogen-bond donors (Lipinski definition) is 1. The lowest BCUT2D eigenvalue weighted by Crippen LogP contribution is -2.31. The Morgan fingerprint density at radius 2 is 2.17 bits per heavy atom. The summed E-state index contributed by atoms with van der Waals surface area (Å²) in [4.78, 5) is 13.4. The van der Waals surface area contributed by atoms with Gasteiger partial charge in [0.25, 0.3) is 5.91 Å². The molecule has 1 aromatic carbocycles. The number of anilines is 1. The van der Waals surface area contributed by atoms with Crippen LogP contribution in [0.15, 0.2) is 18.2 Å². The molecule has 0 aliphatic carbocycles. The Bertz CT molecular complexity index is 421. The van der Waals surface area contributed by atoms with Crippen LogP contribution < -0.4 is 5.73 Å². The van der Waals surface area contributed by atoms with Crippen LogP contribution in [-0.2, 0) is 4.74 Å². The van der Waals surface area contributed by atoms with Crippen molar-refractivity contribution in [2.45, 2.75) is 20.0 Å². The molecule has 0 atom stereocenters. The number of likely N-dealkylation sites (N-methyl/N-ethyl adjacent to an activating group) is 1. The van der Waals surface area contributed by atoms with E-state index in [-0.39, 0.29) is 11.7 Å². The second-order valence-corrected chi connectivity index (χ2v) is 4.39. The van der Waals surface area contributed by atoms with E-state index in [1.54, 1.807) is 7.05 Å². The van der Waals surface area contributed by atoms with E-state index >= 15 is 0 Å². The van der Waals surface area contributed by atoms with Crippen molar-refractivity contribution in [2.24, 2.45) is 0 Å². The number of nitrogens with two attached hydrogens (primary N) is 1. The number of amides is 1. The molecule has 2 N–H and O–H groups in total. The Morgan fingerprint density at radius 3 is 2.78 bits per heavy atom. The van der Waals surface area contributed by atoms with Crippen molar-refractivity contribution in [1.82, 2.24) is 4.90 Å². The molecule has 5 heteroatoms. The second kappa shape index (κ2) is 6.35. The molecule has 1 amide bonds. The Balaban J connectivity index is 2.65. The van der Waals surface area contributed by atoms with Crippen LogP contribution in [-0.4, -0.2) is 37.1 Å². The first-order valence-corrected chi connectivity index (χ1v) is 5.84. The van der Waals surface area contributed by atoms with Crippen LogP contribution in [0.25, 0.3) is 0 Å². The average molecular weight is 254 g/mol. The van der Waals surface area contributed by atoms with Crippen LogP contribution in [0.2, 0.25) is 0 Å². The number of carbonyl (C=O) groups is 1. The Labute approximate surface area is 107 Å². The summed E-state index contributed by atoms with van der Waals surface area (Å²) in [5, 5.41) is 0. The number of rotatable bonds is 5. The van der Waals surface area contributed by atoms with Crippen LogP contribution >= 0.6 is 0 Å². The summed E-state index contributed by atoms with van der Waals surface area (Å²) in [6.07, 6.45) is 0.109. The molecular weight excluding hydrogens is 235 g/mol. The average Bonchev–Trinajstić information content (AvgIpc) is 2.30. The zero-order valence-electron chi connectivity index (χ0n) is 10.9. The molecule has 0 saturated heterocycles. The van der Waals surface area contributed by atoms with Gasteiger partial charge in [-0.15, -0.1) is 0 Å². The highest BCUT2D eigenvalue weighted by atomic mass is 19.1. The summed E-state index contributed by atoms with van der Waals surface area (Å²) in [5.41, 5.74) is 5.90. The zero-order chi connectivity index (χ0) is 13.7. The molecular formula is C13H19FN2O2. The molecule has 0 spiro atoms. The molecule has 0 radical (unpaired) electrons. The lowest BCUT2D eigenvalue weighted by atomic mass is 10.1. The van der Waals surface area contributed by atoms with Crippen molar-refractivity contribution in [2.75, 3.05) is 25.9 Å². The van der Waals surface area contributed by atoms with Gasteiger partial charge in [-0.1, -0.05) is 0 Å². The SMILES string of the molecule is CC(C)OCCN(C)C(=O)c1cc(N)ccc1F. The fourth-order valence-corrected chi connectivity index (χ4v) is 1.44. The smallest absolute Gasteiger partial charge is 0.256 e. The molecule has 0 aromatic heterocycles. The van der Waals surface area contributed by atoms with Crippen LogP contribution in [0.5, 0.6) is 0 Å². The van der Waals surface area contributed by atoms with Crippen molar-refractivity contribution in [3.8, 4) is 0 Å². The zero-order valence-corrected chi connectivity index (χ0v) is 10.9. The van der Waals surface area contributed by atoms with Crippen molar-refractivity contribution in [3.63, 3.8) is 0 Å². The monoisotopic (exact) mass is 254 g/mol. The maximum absolute atomic E-state index is 13.5. The molecule has 4 nitrogen and oxygen atoms in total. The number of benzene rings is 1. The number of nitrogens with zero attached hydrogens (tertiary/aromatic N) is 1. The van der Waals surface area contributed by atoms with Gasteiger partial charge < -0.3 is 15.4 Å². The highest BCUT2D eigenvalue weighted by Crippen LogP contribution is 2.13. The van der Waals surface area contributed by atoms with Gasteiger partial charge in [0.2, 0.25) is 0 Å². The van der Waals surface area contributed by atoms with Gasteiger partial charge in [0, 0.05) is 19.3 Å². The summed E-state index contributed by atoms with van der Waals surface area (Å²) in [6, 6.07) is 3.96. The predicted octanol–water partition coefficient (Wildman–Crippen LogP) is 1.90. The van der Waals surface area contributed by atoms with Crippen molar-refractivity contribution < 1.29 is 13.9 Å². The summed E-state index contributed by atoms with van der Waals surface area (Å²) < 4.78 is 18.8. The number of hydrogen-bond acceptors (Lipinski definition) is 3. The molecule has 0 unspecified atom stereocenters. The van der Waals surface area contributed by atoms with Gasteiger partial charge in [0.05, 0.1) is 18.3 Å². The van der Waals surface area contributed by atoms with Gasteiger partial charge >= 0.3 is 0 Å². The molecule has 100 valence electrons. The number of halogens is 1. The maximum atomic E-state index is 13.5. The summed E-state index contributed by atoms with van der Waals surface area (Å²) in [6.45, 7) is 4.66. The van der Waals surface area contributed by atoms with Crippen molar-refractivity contribution in [3.05, 3.63) is 29.6 Å². The molecule has 0 heterocycles. The van der Waals surface area contributed by atoms with E-state index in [0.29, 0.717) is 18.8 Å². The molecule has 1 aromatic rings. The largest absolute Gasteiger partial charge is 0.399 e. The van der Waals surface area contributed by atoms with E-state index in [2.05, 4.69) is 0 Å². The molecule has 18 heavy (non-hydrogen) atoms. The topological polar surface area (TPSA) is 55.6 Å². The molecule has 0 aliphatic rings. The minimum absolute atomic E-state index is 0.0120. The molecule has 0 fully saturated rings. The predicted molar refractivity (Wildman–Crippen MR) is 68.9 cm³/mol.